The Balaban J connectivity index is 2.59. The van der Waals surface area contributed by atoms with Crippen molar-refractivity contribution in [1.82, 2.24) is 4.90 Å². The van der Waals surface area contributed by atoms with Crippen molar-refractivity contribution in [2.45, 2.75) is 45.8 Å². The summed E-state index contributed by atoms with van der Waals surface area (Å²) in [7, 11) is 3.88. The number of esters is 1. The van der Waals surface area contributed by atoms with Crippen molar-refractivity contribution in [2.24, 2.45) is 11.8 Å². The molecular formula is C14H27NO3. The molecule has 0 aliphatic carbocycles. The molecule has 2 atom stereocenters. The zero-order valence-electron chi connectivity index (χ0n) is 12.3. The van der Waals surface area contributed by atoms with Crippen LogP contribution in [0.15, 0.2) is 0 Å². The Morgan fingerprint density at radius 2 is 1.78 bits per heavy atom. The van der Waals surface area contributed by atoms with Gasteiger partial charge in [0.25, 0.3) is 0 Å². The number of likely N-dealkylation sites (N-methyl/N-ethyl adjacent to an activating group) is 1. The SMILES string of the molecule is CC(C)[C@H](C)[C@@H](C(=O)OC1CCOCC1)N(C)C. The second-order valence-electron chi connectivity index (χ2n) is 5.76. The number of rotatable bonds is 5. The predicted octanol–water partition coefficient (Wildman–Crippen LogP) is 1.93. The highest BCUT2D eigenvalue weighted by molar-refractivity contribution is 5.76. The fourth-order valence-corrected chi connectivity index (χ4v) is 2.29. The van der Waals surface area contributed by atoms with Crippen LogP contribution < -0.4 is 0 Å². The van der Waals surface area contributed by atoms with Crippen LogP contribution >= 0.6 is 0 Å². The van der Waals surface area contributed by atoms with E-state index in [1.165, 1.54) is 0 Å². The minimum absolute atomic E-state index is 0.0352. The first-order chi connectivity index (χ1) is 8.43. The largest absolute Gasteiger partial charge is 0.461 e. The molecule has 0 unspecified atom stereocenters. The topological polar surface area (TPSA) is 38.8 Å². The maximum Gasteiger partial charge on any atom is 0.323 e. The van der Waals surface area contributed by atoms with Crippen molar-refractivity contribution in [3.63, 3.8) is 0 Å². The van der Waals surface area contributed by atoms with Crippen molar-refractivity contribution in [3.8, 4) is 0 Å². The third kappa shape index (κ3) is 4.25. The average Bonchev–Trinajstić information content (AvgIpc) is 2.29. The second kappa shape index (κ2) is 7.10. The van der Waals surface area contributed by atoms with E-state index in [-0.39, 0.29) is 24.0 Å². The molecule has 0 aromatic carbocycles. The number of carbonyl (C=O) groups excluding carboxylic acids is 1. The van der Waals surface area contributed by atoms with Crippen molar-refractivity contribution >= 4 is 5.97 Å². The van der Waals surface area contributed by atoms with E-state index in [1.807, 2.05) is 19.0 Å². The molecule has 18 heavy (non-hydrogen) atoms. The molecule has 0 spiro atoms. The van der Waals surface area contributed by atoms with Crippen molar-refractivity contribution in [2.75, 3.05) is 27.3 Å². The van der Waals surface area contributed by atoms with Crippen LogP contribution in [0, 0.1) is 11.8 Å². The summed E-state index contributed by atoms with van der Waals surface area (Å²) in [6.07, 6.45) is 1.68. The summed E-state index contributed by atoms with van der Waals surface area (Å²) >= 11 is 0. The zero-order valence-corrected chi connectivity index (χ0v) is 12.3. The Hall–Kier alpha value is -0.610. The Labute approximate surface area is 111 Å². The summed E-state index contributed by atoms with van der Waals surface area (Å²) in [6, 6.07) is -0.159. The molecule has 1 aliphatic heterocycles. The molecule has 1 heterocycles. The molecule has 1 saturated heterocycles. The molecule has 0 amide bonds. The van der Waals surface area contributed by atoms with Gasteiger partial charge >= 0.3 is 5.97 Å². The number of hydrogen-bond donors (Lipinski definition) is 0. The van der Waals surface area contributed by atoms with Crippen LogP contribution in [0.3, 0.4) is 0 Å². The van der Waals surface area contributed by atoms with Gasteiger partial charge in [0, 0.05) is 12.8 Å². The summed E-state index contributed by atoms with van der Waals surface area (Å²) in [6.45, 7) is 7.79. The molecule has 0 N–H and O–H groups in total. The van der Waals surface area contributed by atoms with Gasteiger partial charge in [-0.3, -0.25) is 9.69 Å². The van der Waals surface area contributed by atoms with E-state index < -0.39 is 0 Å². The minimum atomic E-state index is -0.159. The Bertz CT molecular complexity index is 260. The van der Waals surface area contributed by atoms with Gasteiger partial charge in [-0.1, -0.05) is 20.8 Å². The first-order valence-corrected chi connectivity index (χ1v) is 6.88. The van der Waals surface area contributed by atoms with Crippen molar-refractivity contribution < 1.29 is 14.3 Å². The van der Waals surface area contributed by atoms with Gasteiger partial charge in [-0.15, -0.1) is 0 Å². The van der Waals surface area contributed by atoms with Gasteiger partial charge in [0.15, 0.2) is 0 Å². The molecule has 1 fully saturated rings. The molecule has 106 valence electrons. The monoisotopic (exact) mass is 257 g/mol. The fraction of sp³-hybridized carbons (Fsp3) is 0.929. The number of ether oxygens (including phenoxy) is 2. The predicted molar refractivity (Wildman–Crippen MR) is 71.4 cm³/mol. The van der Waals surface area contributed by atoms with Crippen LogP contribution in [0.2, 0.25) is 0 Å². The second-order valence-corrected chi connectivity index (χ2v) is 5.76. The van der Waals surface area contributed by atoms with Gasteiger partial charge in [0.2, 0.25) is 0 Å². The van der Waals surface area contributed by atoms with Gasteiger partial charge < -0.3 is 9.47 Å². The third-order valence-corrected chi connectivity index (χ3v) is 3.80. The average molecular weight is 257 g/mol. The third-order valence-electron chi connectivity index (χ3n) is 3.80. The molecule has 1 aliphatic rings. The fourth-order valence-electron chi connectivity index (χ4n) is 2.29. The van der Waals surface area contributed by atoms with E-state index in [4.69, 9.17) is 9.47 Å². The van der Waals surface area contributed by atoms with E-state index in [0.29, 0.717) is 19.1 Å². The summed E-state index contributed by atoms with van der Waals surface area (Å²) in [5.74, 6) is 0.653. The molecular weight excluding hydrogens is 230 g/mol. The van der Waals surface area contributed by atoms with E-state index >= 15 is 0 Å². The molecule has 0 radical (unpaired) electrons. The molecule has 1 rings (SSSR count). The van der Waals surface area contributed by atoms with Crippen LogP contribution in [0.5, 0.6) is 0 Å². The maximum atomic E-state index is 12.3. The van der Waals surface area contributed by atoms with E-state index in [1.54, 1.807) is 0 Å². The summed E-state index contributed by atoms with van der Waals surface area (Å²) in [5.41, 5.74) is 0. The van der Waals surface area contributed by atoms with Crippen LogP contribution in [0.4, 0.5) is 0 Å². The number of carbonyl (C=O) groups is 1. The summed E-state index contributed by atoms with van der Waals surface area (Å²) in [5, 5.41) is 0. The van der Waals surface area contributed by atoms with Gasteiger partial charge in [-0.2, -0.15) is 0 Å². The van der Waals surface area contributed by atoms with E-state index in [2.05, 4.69) is 20.8 Å². The molecule has 0 aromatic heterocycles. The Kier molecular flexibility index (Phi) is 6.09. The minimum Gasteiger partial charge on any atom is -0.461 e. The molecule has 0 saturated carbocycles. The first kappa shape index (κ1) is 15.4. The first-order valence-electron chi connectivity index (χ1n) is 6.88. The molecule has 4 heteroatoms. The quantitative estimate of drug-likeness (QED) is 0.706. The highest BCUT2D eigenvalue weighted by Crippen LogP contribution is 2.21. The Morgan fingerprint density at radius 3 is 2.22 bits per heavy atom. The summed E-state index contributed by atoms with van der Waals surface area (Å²) < 4.78 is 10.9. The number of hydrogen-bond acceptors (Lipinski definition) is 4. The van der Waals surface area contributed by atoms with Crippen molar-refractivity contribution in [3.05, 3.63) is 0 Å². The van der Waals surface area contributed by atoms with Crippen LogP contribution in [-0.4, -0.2) is 50.3 Å². The molecule has 0 bridgehead atoms. The van der Waals surface area contributed by atoms with Gasteiger partial charge in [0.05, 0.1) is 13.2 Å². The lowest BCUT2D eigenvalue weighted by Gasteiger charge is -2.32. The highest BCUT2D eigenvalue weighted by Gasteiger charge is 2.32. The Morgan fingerprint density at radius 1 is 1.22 bits per heavy atom. The lowest BCUT2D eigenvalue weighted by atomic mass is 9.89. The molecule has 4 nitrogen and oxygen atoms in total. The maximum absolute atomic E-state index is 12.3. The smallest absolute Gasteiger partial charge is 0.323 e. The van der Waals surface area contributed by atoms with Gasteiger partial charge in [-0.05, 0) is 25.9 Å². The van der Waals surface area contributed by atoms with Crippen LogP contribution in [0.25, 0.3) is 0 Å². The highest BCUT2D eigenvalue weighted by atomic mass is 16.6. The van der Waals surface area contributed by atoms with Gasteiger partial charge in [0.1, 0.15) is 12.1 Å². The lowest BCUT2D eigenvalue weighted by molar-refractivity contribution is -0.161. The van der Waals surface area contributed by atoms with Gasteiger partial charge in [-0.25, -0.2) is 0 Å². The zero-order chi connectivity index (χ0) is 13.7. The lowest BCUT2D eigenvalue weighted by Crippen LogP contribution is -2.45. The normalized spacial score (nSPS) is 21.1. The molecule has 0 aromatic rings. The number of nitrogens with zero attached hydrogens (tertiary/aromatic N) is 1. The van der Waals surface area contributed by atoms with E-state index in [0.717, 1.165) is 12.8 Å². The van der Waals surface area contributed by atoms with E-state index in [9.17, 15) is 4.79 Å². The van der Waals surface area contributed by atoms with Crippen molar-refractivity contribution in [1.29, 1.82) is 0 Å². The van der Waals surface area contributed by atoms with Crippen LogP contribution in [0.1, 0.15) is 33.6 Å². The van der Waals surface area contributed by atoms with Crippen LogP contribution in [-0.2, 0) is 14.3 Å². The standard InChI is InChI=1S/C14H27NO3/c1-10(2)11(3)13(15(4)5)14(16)18-12-6-8-17-9-7-12/h10-13H,6-9H2,1-5H3/t11-,13-/m0/s1. The summed E-state index contributed by atoms with van der Waals surface area (Å²) in [4.78, 5) is 14.3.